The van der Waals surface area contributed by atoms with E-state index in [1.54, 1.807) is 6.20 Å². The van der Waals surface area contributed by atoms with Gasteiger partial charge in [-0.15, -0.1) is 0 Å². The topological polar surface area (TPSA) is 52.5 Å². The van der Waals surface area contributed by atoms with E-state index < -0.39 is 5.60 Å². The molecule has 5 heteroatoms. The lowest BCUT2D eigenvalue weighted by Crippen LogP contribution is -2.49. The minimum Gasteiger partial charge on any atom is -0.388 e. The van der Waals surface area contributed by atoms with E-state index in [-0.39, 0.29) is 0 Å². The molecule has 2 heterocycles. The van der Waals surface area contributed by atoms with Gasteiger partial charge in [0.2, 0.25) is 0 Å². The predicted octanol–water partition coefficient (Wildman–Crippen LogP) is 0.678. The van der Waals surface area contributed by atoms with Crippen molar-refractivity contribution < 1.29 is 5.11 Å². The van der Waals surface area contributed by atoms with E-state index in [0.717, 1.165) is 44.1 Å². The molecule has 1 aliphatic rings. The first-order valence-corrected chi connectivity index (χ1v) is 6.40. The third-order valence-electron chi connectivity index (χ3n) is 3.39. The lowest BCUT2D eigenvalue weighted by atomic mass is 9.91. The van der Waals surface area contributed by atoms with Gasteiger partial charge in [0.15, 0.2) is 0 Å². The van der Waals surface area contributed by atoms with Gasteiger partial charge in [-0.25, -0.2) is 9.97 Å². The number of likely N-dealkylation sites (N-methyl/N-ethyl adjacent to an activating group) is 1. The molecule has 0 radical (unpaired) electrons. The molecule has 0 aliphatic carbocycles. The number of piperidine rings is 1. The summed E-state index contributed by atoms with van der Waals surface area (Å²) in [6, 6.07) is 1.93. The Morgan fingerprint density at radius 1 is 1.39 bits per heavy atom. The molecule has 1 saturated heterocycles. The Morgan fingerprint density at radius 2 is 2.06 bits per heavy atom. The quantitative estimate of drug-likeness (QED) is 0.855. The monoisotopic (exact) mass is 250 g/mol. The molecule has 0 unspecified atom stereocenters. The molecule has 1 N–H and O–H groups in total. The Bertz CT molecular complexity index is 400. The van der Waals surface area contributed by atoms with Crippen LogP contribution in [0.3, 0.4) is 0 Å². The summed E-state index contributed by atoms with van der Waals surface area (Å²) in [5, 5.41) is 10.5. The maximum absolute atomic E-state index is 10.5. The molecule has 18 heavy (non-hydrogen) atoms. The Hall–Kier alpha value is -1.20. The Kier molecular flexibility index (Phi) is 3.82. The molecular formula is C13H22N4O. The Morgan fingerprint density at radius 3 is 2.61 bits per heavy atom. The fourth-order valence-corrected chi connectivity index (χ4v) is 2.52. The van der Waals surface area contributed by atoms with Crippen molar-refractivity contribution in [1.82, 2.24) is 14.9 Å². The number of aliphatic hydroxyl groups is 1. The van der Waals surface area contributed by atoms with Crippen molar-refractivity contribution in [3.05, 3.63) is 18.1 Å². The molecule has 0 amide bonds. The van der Waals surface area contributed by atoms with Gasteiger partial charge in [0.1, 0.15) is 11.6 Å². The van der Waals surface area contributed by atoms with Crippen LogP contribution in [0.4, 0.5) is 5.82 Å². The summed E-state index contributed by atoms with van der Waals surface area (Å²) >= 11 is 0. The molecule has 100 valence electrons. The van der Waals surface area contributed by atoms with E-state index in [1.165, 1.54) is 0 Å². The van der Waals surface area contributed by atoms with Gasteiger partial charge in [-0.1, -0.05) is 0 Å². The van der Waals surface area contributed by atoms with Gasteiger partial charge < -0.3 is 14.9 Å². The van der Waals surface area contributed by atoms with Crippen LogP contribution in [0, 0.1) is 6.92 Å². The number of aromatic nitrogens is 2. The maximum Gasteiger partial charge on any atom is 0.132 e. The van der Waals surface area contributed by atoms with Crippen LogP contribution in [0.2, 0.25) is 0 Å². The number of nitrogens with zero attached hydrogens (tertiary/aromatic N) is 4. The molecule has 5 nitrogen and oxygen atoms in total. The van der Waals surface area contributed by atoms with Crippen molar-refractivity contribution in [2.75, 3.05) is 38.6 Å². The van der Waals surface area contributed by atoms with Gasteiger partial charge in [-0.3, -0.25) is 0 Å². The summed E-state index contributed by atoms with van der Waals surface area (Å²) in [4.78, 5) is 12.8. The van der Waals surface area contributed by atoms with Gasteiger partial charge >= 0.3 is 0 Å². The number of aryl methyl sites for hydroxylation is 1. The molecule has 0 saturated carbocycles. The van der Waals surface area contributed by atoms with Gasteiger partial charge in [0, 0.05) is 25.8 Å². The van der Waals surface area contributed by atoms with Crippen LogP contribution < -0.4 is 4.90 Å². The highest BCUT2D eigenvalue weighted by Gasteiger charge is 2.33. The fourth-order valence-electron chi connectivity index (χ4n) is 2.52. The van der Waals surface area contributed by atoms with Crippen molar-refractivity contribution in [2.24, 2.45) is 0 Å². The molecular weight excluding hydrogens is 228 g/mol. The van der Waals surface area contributed by atoms with Crippen LogP contribution >= 0.6 is 0 Å². The van der Waals surface area contributed by atoms with Crippen molar-refractivity contribution in [1.29, 1.82) is 0 Å². The van der Waals surface area contributed by atoms with E-state index in [0.29, 0.717) is 0 Å². The van der Waals surface area contributed by atoms with Crippen molar-refractivity contribution in [2.45, 2.75) is 25.4 Å². The SMILES string of the molecule is Cc1nccc(N2CCC(O)(CN(C)C)CC2)n1. The minimum absolute atomic E-state index is 0.553. The van der Waals surface area contributed by atoms with Gasteiger partial charge in [0.25, 0.3) is 0 Å². The van der Waals surface area contributed by atoms with Crippen molar-refractivity contribution in [3.8, 4) is 0 Å². The highest BCUT2D eigenvalue weighted by atomic mass is 16.3. The average Bonchev–Trinajstić information content (AvgIpc) is 2.28. The number of hydrogen-bond acceptors (Lipinski definition) is 5. The maximum atomic E-state index is 10.5. The molecule has 1 aliphatic heterocycles. The van der Waals surface area contributed by atoms with Crippen molar-refractivity contribution >= 4 is 5.82 Å². The number of hydrogen-bond donors (Lipinski definition) is 1. The Balaban J connectivity index is 1.98. The van der Waals surface area contributed by atoms with Gasteiger partial charge in [-0.2, -0.15) is 0 Å². The molecule has 1 fully saturated rings. The normalized spacial score (nSPS) is 19.3. The summed E-state index contributed by atoms with van der Waals surface area (Å²) in [6.45, 7) is 4.32. The molecule has 0 aromatic carbocycles. The summed E-state index contributed by atoms with van der Waals surface area (Å²) in [6.07, 6.45) is 3.36. The first kappa shape index (κ1) is 13.2. The summed E-state index contributed by atoms with van der Waals surface area (Å²) in [7, 11) is 4.00. The summed E-state index contributed by atoms with van der Waals surface area (Å²) in [5.74, 6) is 1.76. The summed E-state index contributed by atoms with van der Waals surface area (Å²) < 4.78 is 0. The molecule has 1 aromatic heterocycles. The van der Waals surface area contributed by atoms with Crippen LogP contribution in [-0.2, 0) is 0 Å². The highest BCUT2D eigenvalue weighted by molar-refractivity contribution is 5.38. The third kappa shape index (κ3) is 3.17. The van der Waals surface area contributed by atoms with Crippen LogP contribution in [-0.4, -0.2) is 59.3 Å². The molecule has 2 rings (SSSR count). The lowest BCUT2D eigenvalue weighted by Gasteiger charge is -2.40. The van der Waals surface area contributed by atoms with E-state index in [9.17, 15) is 5.11 Å². The standard InChI is InChI=1S/C13H22N4O/c1-11-14-7-4-12(15-11)17-8-5-13(18,6-9-17)10-16(2)3/h4,7,18H,5-6,8-10H2,1-3H3. The second kappa shape index (κ2) is 5.20. The third-order valence-corrected chi connectivity index (χ3v) is 3.39. The zero-order valence-electron chi connectivity index (χ0n) is 11.4. The predicted molar refractivity (Wildman–Crippen MR) is 71.7 cm³/mol. The zero-order valence-corrected chi connectivity index (χ0v) is 11.4. The molecule has 0 spiro atoms. The van der Waals surface area contributed by atoms with Crippen LogP contribution in [0.1, 0.15) is 18.7 Å². The van der Waals surface area contributed by atoms with Gasteiger partial charge in [0.05, 0.1) is 5.60 Å². The van der Waals surface area contributed by atoms with Crippen LogP contribution in [0.25, 0.3) is 0 Å². The summed E-state index contributed by atoms with van der Waals surface area (Å²) in [5.41, 5.74) is -0.553. The van der Waals surface area contributed by atoms with E-state index in [2.05, 4.69) is 14.9 Å². The van der Waals surface area contributed by atoms with E-state index >= 15 is 0 Å². The second-order valence-corrected chi connectivity index (χ2v) is 5.41. The van der Waals surface area contributed by atoms with Gasteiger partial charge in [-0.05, 0) is 39.9 Å². The molecule has 0 bridgehead atoms. The number of rotatable bonds is 3. The fraction of sp³-hybridized carbons (Fsp3) is 0.692. The number of anilines is 1. The second-order valence-electron chi connectivity index (χ2n) is 5.41. The first-order chi connectivity index (χ1) is 8.48. The first-order valence-electron chi connectivity index (χ1n) is 6.40. The van der Waals surface area contributed by atoms with Crippen molar-refractivity contribution in [3.63, 3.8) is 0 Å². The highest BCUT2D eigenvalue weighted by Crippen LogP contribution is 2.25. The molecule has 1 aromatic rings. The average molecular weight is 250 g/mol. The largest absolute Gasteiger partial charge is 0.388 e. The zero-order chi connectivity index (χ0) is 13.2. The smallest absolute Gasteiger partial charge is 0.132 e. The van der Waals surface area contributed by atoms with Crippen LogP contribution in [0.5, 0.6) is 0 Å². The molecule has 0 atom stereocenters. The lowest BCUT2D eigenvalue weighted by molar-refractivity contribution is -0.00547. The van der Waals surface area contributed by atoms with E-state index in [1.807, 2.05) is 32.0 Å². The minimum atomic E-state index is -0.553. The van der Waals surface area contributed by atoms with E-state index in [4.69, 9.17) is 0 Å². The van der Waals surface area contributed by atoms with Crippen LogP contribution in [0.15, 0.2) is 12.3 Å². The Labute approximate surface area is 108 Å².